The number of carbonyl (C=O) groups is 1. The van der Waals surface area contributed by atoms with E-state index in [-0.39, 0.29) is 11.8 Å². The van der Waals surface area contributed by atoms with E-state index in [9.17, 15) is 4.79 Å². The van der Waals surface area contributed by atoms with Gasteiger partial charge in [0.1, 0.15) is 0 Å². The number of hydrogen-bond donors (Lipinski definition) is 2. The van der Waals surface area contributed by atoms with Crippen molar-refractivity contribution in [2.45, 2.75) is 44.9 Å². The Kier molecular flexibility index (Phi) is 4.47. The van der Waals surface area contributed by atoms with Gasteiger partial charge in [-0.3, -0.25) is 9.89 Å². The number of H-pyrrole nitrogens is 1. The van der Waals surface area contributed by atoms with Gasteiger partial charge < -0.3 is 10.2 Å². The van der Waals surface area contributed by atoms with Crippen LogP contribution in [0.3, 0.4) is 0 Å². The molecule has 1 amide bonds. The van der Waals surface area contributed by atoms with Crippen LogP contribution in [0.1, 0.15) is 49.8 Å². The normalized spacial score (nSPS) is 21.0. The molecular formula is C20H26N4O. The lowest BCUT2D eigenvalue weighted by Crippen LogP contribution is -2.32. The van der Waals surface area contributed by atoms with Crippen LogP contribution in [0.5, 0.6) is 0 Å². The molecule has 2 heterocycles. The Hall–Kier alpha value is -2.30. The molecule has 0 saturated carbocycles. The summed E-state index contributed by atoms with van der Waals surface area (Å²) in [6.07, 6.45) is 7.19. The molecule has 25 heavy (non-hydrogen) atoms. The van der Waals surface area contributed by atoms with Gasteiger partial charge in [0.15, 0.2) is 0 Å². The van der Waals surface area contributed by atoms with Crippen LogP contribution in [0.15, 0.2) is 30.5 Å². The number of rotatable bonds is 3. The summed E-state index contributed by atoms with van der Waals surface area (Å²) in [7, 11) is 0. The van der Waals surface area contributed by atoms with Crippen molar-refractivity contribution < 1.29 is 4.79 Å². The van der Waals surface area contributed by atoms with E-state index in [0.29, 0.717) is 0 Å². The van der Waals surface area contributed by atoms with Crippen molar-refractivity contribution >= 4 is 17.3 Å². The predicted molar refractivity (Wildman–Crippen MR) is 99.9 cm³/mol. The minimum absolute atomic E-state index is 0.0757. The lowest BCUT2D eigenvalue weighted by atomic mass is 9.86. The zero-order chi connectivity index (χ0) is 17.2. The number of nitrogens with one attached hydrogen (secondary N) is 2. The minimum atomic E-state index is -0.0954. The quantitative estimate of drug-likeness (QED) is 0.897. The minimum Gasteiger partial charge on any atom is -0.371 e. The smallest absolute Gasteiger partial charge is 0.232 e. The summed E-state index contributed by atoms with van der Waals surface area (Å²) in [6, 6.07) is 8.26. The van der Waals surface area contributed by atoms with Gasteiger partial charge in [0.2, 0.25) is 5.91 Å². The van der Waals surface area contributed by atoms with Gasteiger partial charge in [-0.1, -0.05) is 13.0 Å². The topological polar surface area (TPSA) is 61.0 Å². The van der Waals surface area contributed by atoms with E-state index < -0.39 is 0 Å². The number of benzene rings is 1. The molecule has 1 aromatic heterocycles. The fourth-order valence-corrected chi connectivity index (χ4v) is 4.01. The molecule has 1 aliphatic carbocycles. The molecule has 1 saturated heterocycles. The third kappa shape index (κ3) is 3.41. The fraction of sp³-hybridized carbons (Fsp3) is 0.500. The highest BCUT2D eigenvalue weighted by Gasteiger charge is 2.28. The van der Waals surface area contributed by atoms with Crippen molar-refractivity contribution in [2.24, 2.45) is 5.92 Å². The first-order valence-corrected chi connectivity index (χ1v) is 9.39. The van der Waals surface area contributed by atoms with Crippen LogP contribution in [0.4, 0.5) is 11.4 Å². The number of carbonyl (C=O) groups excluding carboxylic acids is 1. The molecule has 132 valence electrons. The fourth-order valence-electron chi connectivity index (χ4n) is 4.01. The van der Waals surface area contributed by atoms with Gasteiger partial charge in [0.25, 0.3) is 0 Å². The van der Waals surface area contributed by atoms with Crippen molar-refractivity contribution in [1.29, 1.82) is 0 Å². The van der Waals surface area contributed by atoms with E-state index in [1.807, 2.05) is 18.3 Å². The first-order chi connectivity index (χ1) is 12.2. The van der Waals surface area contributed by atoms with Crippen LogP contribution in [0, 0.1) is 5.92 Å². The van der Waals surface area contributed by atoms with Crippen LogP contribution >= 0.6 is 0 Å². The second-order valence-corrected chi connectivity index (χ2v) is 7.46. The van der Waals surface area contributed by atoms with Crippen molar-refractivity contribution in [3.63, 3.8) is 0 Å². The molecule has 2 aliphatic rings. The van der Waals surface area contributed by atoms with Gasteiger partial charge >= 0.3 is 0 Å². The van der Waals surface area contributed by atoms with E-state index in [4.69, 9.17) is 0 Å². The highest BCUT2D eigenvalue weighted by Crippen LogP contribution is 2.32. The maximum absolute atomic E-state index is 12.8. The third-order valence-corrected chi connectivity index (χ3v) is 5.63. The monoisotopic (exact) mass is 338 g/mol. The second-order valence-electron chi connectivity index (χ2n) is 7.46. The van der Waals surface area contributed by atoms with E-state index in [0.717, 1.165) is 55.2 Å². The first-order valence-electron chi connectivity index (χ1n) is 9.39. The largest absolute Gasteiger partial charge is 0.371 e. The Morgan fingerprint density at radius 2 is 2.12 bits per heavy atom. The summed E-state index contributed by atoms with van der Waals surface area (Å²) < 4.78 is 0. The molecule has 5 heteroatoms. The molecule has 0 spiro atoms. The van der Waals surface area contributed by atoms with Crippen molar-refractivity contribution in [3.8, 4) is 0 Å². The van der Waals surface area contributed by atoms with Gasteiger partial charge in [0, 0.05) is 35.7 Å². The van der Waals surface area contributed by atoms with E-state index in [1.165, 1.54) is 18.5 Å². The Morgan fingerprint density at radius 3 is 2.96 bits per heavy atom. The summed E-state index contributed by atoms with van der Waals surface area (Å²) in [6.45, 7) is 4.52. The van der Waals surface area contributed by atoms with Crippen molar-refractivity contribution in [3.05, 3.63) is 41.7 Å². The van der Waals surface area contributed by atoms with Crippen LogP contribution in [0.25, 0.3) is 0 Å². The molecule has 2 aromatic rings. The van der Waals surface area contributed by atoms with Gasteiger partial charge in [-0.05, 0) is 56.2 Å². The molecule has 0 bridgehead atoms. The number of anilines is 2. The van der Waals surface area contributed by atoms with Gasteiger partial charge in [-0.15, -0.1) is 0 Å². The second kappa shape index (κ2) is 6.90. The van der Waals surface area contributed by atoms with Crippen LogP contribution in [-0.4, -0.2) is 29.2 Å². The Balaban J connectivity index is 1.46. The molecule has 1 unspecified atom stereocenters. The lowest BCUT2D eigenvalue weighted by molar-refractivity contribution is -0.117. The van der Waals surface area contributed by atoms with E-state index in [1.54, 1.807) is 0 Å². The molecule has 2 N–H and O–H groups in total. The van der Waals surface area contributed by atoms with Crippen LogP contribution in [-0.2, 0) is 11.2 Å². The number of aromatic nitrogens is 2. The summed E-state index contributed by atoms with van der Waals surface area (Å²) >= 11 is 0. The Labute approximate surface area is 148 Å². The molecular weight excluding hydrogens is 312 g/mol. The molecule has 4 rings (SSSR count). The maximum atomic E-state index is 12.8. The number of piperidine rings is 1. The number of aromatic amines is 1. The summed E-state index contributed by atoms with van der Waals surface area (Å²) in [5, 5.41) is 10.3. The van der Waals surface area contributed by atoms with E-state index in [2.05, 4.69) is 39.5 Å². The summed E-state index contributed by atoms with van der Waals surface area (Å²) in [4.78, 5) is 15.2. The molecule has 1 fully saturated rings. The Bertz CT molecular complexity index is 746. The van der Waals surface area contributed by atoms with Crippen molar-refractivity contribution in [2.75, 3.05) is 23.3 Å². The number of nitrogens with zero attached hydrogens (tertiary/aromatic N) is 2. The number of hydrogen-bond acceptors (Lipinski definition) is 3. The third-order valence-electron chi connectivity index (χ3n) is 5.63. The highest BCUT2D eigenvalue weighted by atomic mass is 16.1. The average Bonchev–Trinajstić information content (AvgIpc) is 3.11. The number of amides is 1. The zero-order valence-electron chi connectivity index (χ0n) is 14.8. The van der Waals surface area contributed by atoms with Crippen LogP contribution < -0.4 is 10.2 Å². The SMILES string of the molecule is CC1CCN(c2cccc(NC(=O)C3CCCc4[nH]ncc43)c2)CC1. The molecule has 1 atom stereocenters. The molecule has 5 nitrogen and oxygen atoms in total. The maximum Gasteiger partial charge on any atom is 0.232 e. The predicted octanol–water partition coefficient (Wildman–Crippen LogP) is 3.70. The summed E-state index contributed by atoms with van der Waals surface area (Å²) in [5.74, 6) is 0.795. The molecule has 1 aliphatic heterocycles. The average molecular weight is 338 g/mol. The van der Waals surface area contributed by atoms with Crippen LogP contribution in [0.2, 0.25) is 0 Å². The summed E-state index contributed by atoms with van der Waals surface area (Å²) in [5.41, 5.74) is 4.27. The first kappa shape index (κ1) is 16.2. The van der Waals surface area contributed by atoms with Gasteiger partial charge in [0.05, 0.1) is 12.1 Å². The Morgan fingerprint density at radius 1 is 1.28 bits per heavy atom. The van der Waals surface area contributed by atoms with Gasteiger partial charge in [-0.2, -0.15) is 5.10 Å². The zero-order valence-corrected chi connectivity index (χ0v) is 14.8. The molecule has 1 aromatic carbocycles. The number of fused-ring (bicyclic) bond motifs is 1. The lowest BCUT2D eigenvalue weighted by Gasteiger charge is -2.32. The molecule has 0 radical (unpaired) electrons. The van der Waals surface area contributed by atoms with E-state index >= 15 is 0 Å². The standard InChI is InChI=1S/C20H26N4O/c1-14-8-10-24(11-9-14)16-5-2-4-15(12-16)22-20(25)17-6-3-7-19-18(17)13-21-23-19/h2,4-5,12-14,17H,3,6-11H2,1H3,(H,21,23)(H,22,25). The van der Waals surface area contributed by atoms with Crippen molar-refractivity contribution in [1.82, 2.24) is 10.2 Å². The van der Waals surface area contributed by atoms with Gasteiger partial charge in [-0.25, -0.2) is 0 Å². The number of aryl methyl sites for hydroxylation is 1. The highest BCUT2D eigenvalue weighted by molar-refractivity contribution is 5.96.